The minimum absolute atomic E-state index is 0.0284. The van der Waals surface area contributed by atoms with Gasteiger partial charge in [-0.15, -0.1) is 0 Å². The normalized spacial score (nSPS) is 14.2. The predicted molar refractivity (Wildman–Crippen MR) is 71.7 cm³/mol. The standard InChI is InChI=1S/C14H29NO2/c1-10(2)7-14(5,6)9-15-13(17)12(8-16)11(3)4/h10-12,16H,7-9H2,1-6H3,(H,15,17). The maximum atomic E-state index is 11.9. The highest BCUT2D eigenvalue weighted by molar-refractivity contribution is 5.79. The molecule has 0 saturated carbocycles. The fourth-order valence-corrected chi connectivity index (χ4v) is 2.23. The Hall–Kier alpha value is -0.570. The second-order valence-corrected chi connectivity index (χ2v) is 6.51. The summed E-state index contributed by atoms with van der Waals surface area (Å²) in [6.07, 6.45) is 1.08. The molecule has 0 heterocycles. The molecule has 0 bridgehead atoms. The topological polar surface area (TPSA) is 49.3 Å². The maximum absolute atomic E-state index is 11.9. The Morgan fingerprint density at radius 1 is 1.24 bits per heavy atom. The van der Waals surface area contributed by atoms with E-state index in [-0.39, 0.29) is 29.8 Å². The maximum Gasteiger partial charge on any atom is 0.225 e. The fourth-order valence-electron chi connectivity index (χ4n) is 2.23. The van der Waals surface area contributed by atoms with E-state index in [9.17, 15) is 9.90 Å². The van der Waals surface area contributed by atoms with Crippen LogP contribution in [0.5, 0.6) is 0 Å². The highest BCUT2D eigenvalue weighted by atomic mass is 16.3. The van der Waals surface area contributed by atoms with Crippen LogP contribution in [0.4, 0.5) is 0 Å². The van der Waals surface area contributed by atoms with Crippen LogP contribution in [0.25, 0.3) is 0 Å². The first-order valence-corrected chi connectivity index (χ1v) is 6.58. The van der Waals surface area contributed by atoms with Gasteiger partial charge in [-0.05, 0) is 23.7 Å². The van der Waals surface area contributed by atoms with Crippen LogP contribution in [-0.4, -0.2) is 24.2 Å². The van der Waals surface area contributed by atoms with Gasteiger partial charge in [-0.3, -0.25) is 4.79 Å². The van der Waals surface area contributed by atoms with Crippen molar-refractivity contribution in [2.45, 2.75) is 48.0 Å². The van der Waals surface area contributed by atoms with Crippen LogP contribution < -0.4 is 5.32 Å². The molecule has 0 fully saturated rings. The Balaban J connectivity index is 4.22. The summed E-state index contributed by atoms with van der Waals surface area (Å²) >= 11 is 0. The minimum Gasteiger partial charge on any atom is -0.396 e. The molecule has 102 valence electrons. The van der Waals surface area contributed by atoms with Crippen LogP contribution in [0.3, 0.4) is 0 Å². The molecule has 0 aromatic heterocycles. The molecule has 0 spiro atoms. The lowest BCUT2D eigenvalue weighted by Gasteiger charge is -2.28. The van der Waals surface area contributed by atoms with Gasteiger partial charge in [0.25, 0.3) is 0 Å². The predicted octanol–water partition coefficient (Wildman–Crippen LogP) is 2.44. The van der Waals surface area contributed by atoms with E-state index in [1.807, 2.05) is 13.8 Å². The lowest BCUT2D eigenvalue weighted by atomic mass is 9.83. The lowest BCUT2D eigenvalue weighted by molar-refractivity contribution is -0.128. The summed E-state index contributed by atoms with van der Waals surface area (Å²) in [5, 5.41) is 12.1. The Labute approximate surface area is 106 Å². The third-order valence-corrected chi connectivity index (χ3v) is 3.04. The van der Waals surface area contributed by atoms with E-state index in [4.69, 9.17) is 0 Å². The van der Waals surface area contributed by atoms with Crippen LogP contribution >= 0.6 is 0 Å². The number of carbonyl (C=O) groups excluding carboxylic acids is 1. The van der Waals surface area contributed by atoms with Crippen molar-refractivity contribution in [2.24, 2.45) is 23.2 Å². The average Bonchev–Trinajstić information content (AvgIpc) is 2.13. The molecule has 1 unspecified atom stereocenters. The molecule has 2 N–H and O–H groups in total. The third-order valence-electron chi connectivity index (χ3n) is 3.04. The van der Waals surface area contributed by atoms with Gasteiger partial charge >= 0.3 is 0 Å². The summed E-state index contributed by atoms with van der Waals surface area (Å²) in [5.41, 5.74) is 0.112. The van der Waals surface area contributed by atoms with Crippen molar-refractivity contribution in [2.75, 3.05) is 13.2 Å². The number of nitrogens with one attached hydrogen (secondary N) is 1. The van der Waals surface area contributed by atoms with Crippen molar-refractivity contribution in [3.63, 3.8) is 0 Å². The zero-order chi connectivity index (χ0) is 13.6. The molecule has 0 rings (SSSR count). The second-order valence-electron chi connectivity index (χ2n) is 6.51. The molecule has 3 heteroatoms. The van der Waals surface area contributed by atoms with E-state index < -0.39 is 0 Å². The first-order valence-electron chi connectivity index (χ1n) is 6.58. The minimum atomic E-state index is -0.287. The Morgan fingerprint density at radius 2 is 1.76 bits per heavy atom. The number of rotatable bonds is 7. The average molecular weight is 243 g/mol. The molecule has 0 aliphatic heterocycles. The number of hydrogen-bond donors (Lipinski definition) is 2. The van der Waals surface area contributed by atoms with Crippen LogP contribution in [0.2, 0.25) is 0 Å². The highest BCUT2D eigenvalue weighted by Gasteiger charge is 2.24. The first-order chi connectivity index (χ1) is 7.69. The summed E-state index contributed by atoms with van der Waals surface area (Å²) < 4.78 is 0. The van der Waals surface area contributed by atoms with E-state index >= 15 is 0 Å². The number of aliphatic hydroxyl groups excluding tert-OH is 1. The van der Waals surface area contributed by atoms with Gasteiger partial charge in [-0.1, -0.05) is 41.5 Å². The number of amides is 1. The Kier molecular flexibility index (Phi) is 6.76. The smallest absolute Gasteiger partial charge is 0.225 e. The molecular weight excluding hydrogens is 214 g/mol. The summed E-state index contributed by atoms with van der Waals surface area (Å²) in [4.78, 5) is 11.9. The second kappa shape index (κ2) is 7.00. The lowest BCUT2D eigenvalue weighted by Crippen LogP contribution is -2.40. The van der Waals surface area contributed by atoms with Crippen LogP contribution in [0.1, 0.15) is 48.0 Å². The third kappa shape index (κ3) is 6.67. The van der Waals surface area contributed by atoms with Crippen molar-refractivity contribution in [1.82, 2.24) is 5.32 Å². The van der Waals surface area contributed by atoms with E-state index in [0.717, 1.165) is 6.42 Å². The van der Waals surface area contributed by atoms with Gasteiger partial charge in [0.15, 0.2) is 0 Å². The van der Waals surface area contributed by atoms with Gasteiger partial charge in [0.1, 0.15) is 0 Å². The SMILES string of the molecule is CC(C)CC(C)(C)CNC(=O)C(CO)C(C)C. The number of hydrogen-bond acceptors (Lipinski definition) is 2. The van der Waals surface area contributed by atoms with Crippen LogP contribution in [-0.2, 0) is 4.79 Å². The van der Waals surface area contributed by atoms with Crippen LogP contribution in [0, 0.1) is 23.2 Å². The molecule has 0 aromatic rings. The van der Waals surface area contributed by atoms with E-state index in [0.29, 0.717) is 12.5 Å². The van der Waals surface area contributed by atoms with Crippen LogP contribution in [0.15, 0.2) is 0 Å². The van der Waals surface area contributed by atoms with Crippen molar-refractivity contribution in [1.29, 1.82) is 0 Å². The van der Waals surface area contributed by atoms with Gasteiger partial charge in [0.2, 0.25) is 5.91 Å². The molecule has 1 atom stereocenters. The van der Waals surface area contributed by atoms with Gasteiger partial charge in [-0.25, -0.2) is 0 Å². The van der Waals surface area contributed by atoms with Crippen molar-refractivity contribution >= 4 is 5.91 Å². The molecule has 3 nitrogen and oxygen atoms in total. The summed E-state index contributed by atoms with van der Waals surface area (Å²) in [6, 6.07) is 0. The number of carbonyl (C=O) groups is 1. The van der Waals surface area contributed by atoms with E-state index in [1.54, 1.807) is 0 Å². The largest absolute Gasteiger partial charge is 0.396 e. The zero-order valence-corrected chi connectivity index (χ0v) is 12.2. The van der Waals surface area contributed by atoms with Crippen molar-refractivity contribution in [3.05, 3.63) is 0 Å². The first kappa shape index (κ1) is 16.4. The highest BCUT2D eigenvalue weighted by Crippen LogP contribution is 2.24. The Bertz CT molecular complexity index is 234. The fraction of sp³-hybridized carbons (Fsp3) is 0.929. The van der Waals surface area contributed by atoms with Crippen molar-refractivity contribution < 1.29 is 9.90 Å². The molecule has 0 aromatic carbocycles. The molecule has 0 radical (unpaired) electrons. The summed E-state index contributed by atoms with van der Waals surface area (Å²) in [7, 11) is 0. The van der Waals surface area contributed by atoms with E-state index in [2.05, 4.69) is 33.0 Å². The molecule has 0 saturated heterocycles. The quantitative estimate of drug-likeness (QED) is 0.721. The molecular formula is C14H29NO2. The van der Waals surface area contributed by atoms with Crippen molar-refractivity contribution in [3.8, 4) is 0 Å². The molecule has 0 aliphatic carbocycles. The molecule has 17 heavy (non-hydrogen) atoms. The zero-order valence-electron chi connectivity index (χ0n) is 12.2. The summed E-state index contributed by atoms with van der Waals surface area (Å²) in [6.45, 7) is 13.2. The molecule has 0 aliphatic rings. The van der Waals surface area contributed by atoms with Gasteiger partial charge in [-0.2, -0.15) is 0 Å². The van der Waals surface area contributed by atoms with Gasteiger partial charge in [0, 0.05) is 6.54 Å². The summed E-state index contributed by atoms with van der Waals surface area (Å²) in [5.74, 6) is 0.484. The Morgan fingerprint density at radius 3 is 2.12 bits per heavy atom. The van der Waals surface area contributed by atoms with Gasteiger partial charge in [0.05, 0.1) is 12.5 Å². The van der Waals surface area contributed by atoms with Gasteiger partial charge < -0.3 is 10.4 Å². The molecule has 1 amide bonds. The number of aliphatic hydroxyl groups is 1. The van der Waals surface area contributed by atoms with E-state index in [1.165, 1.54) is 0 Å². The monoisotopic (exact) mass is 243 g/mol.